The first-order valence-electron chi connectivity index (χ1n) is 12.5. The van der Waals surface area contributed by atoms with E-state index in [1.54, 1.807) is 23.2 Å². The Balaban J connectivity index is 1.34. The largest absolute Gasteiger partial charge is 0.396 e. The fourth-order valence-corrected chi connectivity index (χ4v) is 5.17. The first-order chi connectivity index (χ1) is 17.8. The SMILES string of the molecule is Cc1c(-c2cc3cc(NC(=O)NC4CCN(CC(F)F)CC4)ncc3c(N)c2F)cnc2c1NCCC2. The number of urea groups is 1. The van der Waals surface area contributed by atoms with Crippen LogP contribution in [-0.4, -0.2) is 59.5 Å². The number of nitrogens with two attached hydrogens (primary N) is 1. The number of amides is 2. The van der Waals surface area contributed by atoms with Crippen LogP contribution in [0, 0.1) is 12.7 Å². The van der Waals surface area contributed by atoms with Gasteiger partial charge in [-0.3, -0.25) is 15.2 Å². The van der Waals surface area contributed by atoms with Gasteiger partial charge in [-0.1, -0.05) is 0 Å². The van der Waals surface area contributed by atoms with Gasteiger partial charge in [0.15, 0.2) is 5.82 Å². The molecule has 3 aromatic rings. The molecular weight excluding hydrogens is 483 g/mol. The Morgan fingerprint density at radius 2 is 2.00 bits per heavy atom. The van der Waals surface area contributed by atoms with Crippen molar-refractivity contribution in [3.63, 3.8) is 0 Å². The van der Waals surface area contributed by atoms with E-state index in [1.165, 1.54) is 6.20 Å². The molecule has 0 atom stereocenters. The number of anilines is 3. The molecule has 5 rings (SSSR count). The van der Waals surface area contributed by atoms with Crippen LogP contribution < -0.4 is 21.7 Å². The van der Waals surface area contributed by atoms with E-state index in [1.807, 2.05) is 6.92 Å². The van der Waals surface area contributed by atoms with Crippen LogP contribution in [0.1, 0.15) is 30.5 Å². The number of nitrogens with zero attached hydrogens (tertiary/aromatic N) is 3. The van der Waals surface area contributed by atoms with Gasteiger partial charge in [0, 0.05) is 54.6 Å². The molecule has 2 aliphatic heterocycles. The van der Waals surface area contributed by atoms with Crippen LogP contribution >= 0.6 is 0 Å². The number of nitrogen functional groups attached to an aromatic ring is 1. The van der Waals surface area contributed by atoms with Crippen molar-refractivity contribution < 1.29 is 18.0 Å². The predicted molar refractivity (Wildman–Crippen MR) is 139 cm³/mol. The number of carbonyl (C=O) groups excluding carboxylic acids is 1. The summed E-state index contributed by atoms with van der Waals surface area (Å²) in [6, 6.07) is 2.80. The smallest absolute Gasteiger partial charge is 0.320 e. The Morgan fingerprint density at radius 3 is 2.76 bits per heavy atom. The van der Waals surface area contributed by atoms with Crippen molar-refractivity contribution in [1.82, 2.24) is 20.2 Å². The van der Waals surface area contributed by atoms with Gasteiger partial charge in [0.2, 0.25) is 0 Å². The number of likely N-dealkylation sites (tertiary alicyclic amines) is 1. The van der Waals surface area contributed by atoms with Gasteiger partial charge in [-0.2, -0.15) is 0 Å². The Kier molecular flexibility index (Phi) is 7.05. The number of aryl methyl sites for hydroxylation is 1. The normalized spacial score (nSPS) is 16.5. The number of pyridine rings is 2. The minimum atomic E-state index is -2.36. The highest BCUT2D eigenvalue weighted by Crippen LogP contribution is 2.38. The summed E-state index contributed by atoms with van der Waals surface area (Å²) in [5.74, 6) is -0.245. The van der Waals surface area contributed by atoms with Crippen molar-refractivity contribution in [2.75, 3.05) is 42.5 Å². The number of benzene rings is 1. The van der Waals surface area contributed by atoms with E-state index in [9.17, 15) is 13.6 Å². The summed E-state index contributed by atoms with van der Waals surface area (Å²) >= 11 is 0. The molecule has 37 heavy (non-hydrogen) atoms. The number of hydrogen-bond donors (Lipinski definition) is 4. The van der Waals surface area contributed by atoms with Crippen molar-refractivity contribution in [2.45, 2.75) is 45.1 Å². The number of alkyl halides is 2. The second-order valence-corrected chi connectivity index (χ2v) is 9.66. The van der Waals surface area contributed by atoms with Crippen LogP contribution in [0.15, 0.2) is 24.5 Å². The molecule has 2 aromatic heterocycles. The van der Waals surface area contributed by atoms with E-state index < -0.39 is 18.3 Å². The number of aromatic nitrogens is 2. The van der Waals surface area contributed by atoms with Gasteiger partial charge < -0.3 is 16.4 Å². The first-order valence-corrected chi connectivity index (χ1v) is 12.5. The summed E-state index contributed by atoms with van der Waals surface area (Å²) in [5.41, 5.74) is 9.96. The van der Waals surface area contributed by atoms with Crippen LogP contribution in [0.4, 0.5) is 35.2 Å². The van der Waals surface area contributed by atoms with Crippen LogP contribution in [0.3, 0.4) is 0 Å². The Bertz CT molecular complexity index is 1330. The second kappa shape index (κ2) is 10.4. The lowest BCUT2D eigenvalue weighted by Gasteiger charge is -2.31. The van der Waals surface area contributed by atoms with Gasteiger partial charge in [0.25, 0.3) is 6.43 Å². The van der Waals surface area contributed by atoms with Gasteiger partial charge >= 0.3 is 6.03 Å². The third kappa shape index (κ3) is 5.27. The van der Waals surface area contributed by atoms with Crippen LogP contribution in [-0.2, 0) is 6.42 Å². The molecule has 8 nitrogen and oxygen atoms in total. The van der Waals surface area contributed by atoms with E-state index >= 15 is 4.39 Å². The molecule has 0 saturated carbocycles. The maximum atomic E-state index is 15.4. The van der Waals surface area contributed by atoms with E-state index in [4.69, 9.17) is 5.73 Å². The first kappa shape index (κ1) is 25.1. The lowest BCUT2D eigenvalue weighted by molar-refractivity contribution is 0.0739. The van der Waals surface area contributed by atoms with Crippen molar-refractivity contribution in [1.29, 1.82) is 0 Å². The molecule has 1 fully saturated rings. The summed E-state index contributed by atoms with van der Waals surface area (Å²) in [5, 5.41) is 10.0. The van der Waals surface area contributed by atoms with E-state index in [-0.39, 0.29) is 18.3 Å². The molecular formula is C26H30F3N7O. The zero-order valence-corrected chi connectivity index (χ0v) is 20.6. The van der Waals surface area contributed by atoms with Crippen molar-refractivity contribution in [3.8, 4) is 11.1 Å². The minimum absolute atomic E-state index is 0.0170. The number of carbonyl (C=O) groups is 1. The van der Waals surface area contributed by atoms with Crippen LogP contribution in [0.25, 0.3) is 21.9 Å². The maximum Gasteiger partial charge on any atom is 0.320 e. The number of halogens is 3. The molecule has 4 heterocycles. The fraction of sp³-hybridized carbons (Fsp3) is 0.423. The zero-order valence-electron chi connectivity index (χ0n) is 20.6. The number of hydrogen-bond acceptors (Lipinski definition) is 6. The van der Waals surface area contributed by atoms with Gasteiger partial charge in [-0.15, -0.1) is 0 Å². The average molecular weight is 514 g/mol. The lowest BCUT2D eigenvalue weighted by atomic mass is 9.95. The maximum absolute atomic E-state index is 15.4. The summed E-state index contributed by atoms with van der Waals surface area (Å²) in [7, 11) is 0. The van der Waals surface area contributed by atoms with E-state index in [2.05, 4.69) is 25.9 Å². The lowest BCUT2D eigenvalue weighted by Crippen LogP contribution is -2.46. The molecule has 0 bridgehead atoms. The molecule has 0 radical (unpaired) electrons. The van der Waals surface area contributed by atoms with Gasteiger partial charge in [0.1, 0.15) is 5.82 Å². The Hall–Kier alpha value is -3.60. The quantitative estimate of drug-likeness (QED) is 0.373. The Morgan fingerprint density at radius 1 is 1.22 bits per heavy atom. The zero-order chi connectivity index (χ0) is 26.1. The third-order valence-corrected chi connectivity index (χ3v) is 7.16. The molecule has 2 aliphatic rings. The van der Waals surface area contributed by atoms with Crippen molar-refractivity contribution in [3.05, 3.63) is 41.6 Å². The third-order valence-electron chi connectivity index (χ3n) is 7.16. The molecule has 5 N–H and O–H groups in total. The van der Waals surface area contributed by atoms with Gasteiger partial charge in [-0.05, 0) is 55.7 Å². The van der Waals surface area contributed by atoms with Crippen LogP contribution in [0.5, 0.6) is 0 Å². The Labute approximate surface area is 212 Å². The standard InChI is InChI=1S/C26H30F3N7O/c1-14-18(11-32-20-3-2-6-31-25(14)20)17-9-15-10-22(33-12-19(15)24(30)23(17)29)35-26(37)34-16-4-7-36(8-5-16)13-21(27)28/h9-12,16,21,31H,2-8,13,30H2,1H3,(H2,33,34,35,37). The molecule has 0 spiro atoms. The van der Waals surface area contributed by atoms with Gasteiger partial charge in [-0.25, -0.2) is 22.9 Å². The molecule has 2 amide bonds. The summed E-state index contributed by atoms with van der Waals surface area (Å²) in [6.07, 6.45) is 3.83. The summed E-state index contributed by atoms with van der Waals surface area (Å²) in [6.45, 7) is 3.55. The topological polar surface area (TPSA) is 108 Å². The average Bonchev–Trinajstić information content (AvgIpc) is 2.87. The van der Waals surface area contributed by atoms with E-state index in [0.717, 1.165) is 36.3 Å². The molecule has 11 heteroatoms. The minimum Gasteiger partial charge on any atom is -0.396 e. The number of rotatable bonds is 5. The molecule has 1 aromatic carbocycles. The van der Waals surface area contributed by atoms with Gasteiger partial charge in [0.05, 0.1) is 23.6 Å². The molecule has 0 unspecified atom stereocenters. The van der Waals surface area contributed by atoms with Crippen molar-refractivity contribution >= 4 is 34.0 Å². The second-order valence-electron chi connectivity index (χ2n) is 9.66. The predicted octanol–water partition coefficient (Wildman–Crippen LogP) is 4.54. The summed E-state index contributed by atoms with van der Waals surface area (Å²) < 4.78 is 40.5. The fourth-order valence-electron chi connectivity index (χ4n) is 5.17. The monoisotopic (exact) mass is 513 g/mol. The highest BCUT2D eigenvalue weighted by atomic mass is 19.3. The van der Waals surface area contributed by atoms with Crippen molar-refractivity contribution in [2.24, 2.45) is 0 Å². The summed E-state index contributed by atoms with van der Waals surface area (Å²) in [4.78, 5) is 23.1. The molecule has 0 aliphatic carbocycles. The highest BCUT2D eigenvalue weighted by Gasteiger charge is 2.23. The van der Waals surface area contributed by atoms with E-state index in [0.29, 0.717) is 53.6 Å². The molecule has 1 saturated heterocycles. The molecule has 196 valence electrons. The van der Waals surface area contributed by atoms with Crippen LogP contribution in [0.2, 0.25) is 0 Å². The number of fused-ring (bicyclic) bond motifs is 2. The number of nitrogens with one attached hydrogen (secondary N) is 3. The highest BCUT2D eigenvalue weighted by molar-refractivity contribution is 5.99. The number of piperidine rings is 1.